The molecule has 0 aliphatic carbocycles. The topological polar surface area (TPSA) is 34.2 Å². The van der Waals surface area contributed by atoms with Crippen molar-refractivity contribution in [2.75, 3.05) is 13.7 Å². The molecule has 1 atom stereocenters. The Morgan fingerprint density at radius 3 is 2.76 bits per heavy atom. The Morgan fingerprint density at radius 2 is 2.14 bits per heavy atom. The summed E-state index contributed by atoms with van der Waals surface area (Å²) >= 11 is 1.71. The van der Waals surface area contributed by atoms with Gasteiger partial charge in [-0.15, -0.1) is 11.3 Å². The summed E-state index contributed by atoms with van der Waals surface area (Å²) < 4.78 is 5.57. The highest BCUT2D eigenvalue weighted by atomic mass is 32.1. The van der Waals surface area contributed by atoms with Crippen LogP contribution in [0.5, 0.6) is 5.75 Å². The van der Waals surface area contributed by atoms with Gasteiger partial charge in [0.2, 0.25) is 0 Å². The summed E-state index contributed by atoms with van der Waals surface area (Å²) in [4.78, 5) is 4.59. The number of methoxy groups -OCH3 is 1. The maximum atomic E-state index is 5.57. The van der Waals surface area contributed by atoms with E-state index in [4.69, 9.17) is 4.74 Å². The lowest BCUT2D eigenvalue weighted by atomic mass is 9.99. The Bertz CT molecular complexity index is 580. The van der Waals surface area contributed by atoms with Crippen molar-refractivity contribution in [2.24, 2.45) is 0 Å². The minimum atomic E-state index is 0.238. The van der Waals surface area contributed by atoms with Crippen molar-refractivity contribution in [3.8, 4) is 5.75 Å². The monoisotopic (exact) mass is 304 g/mol. The van der Waals surface area contributed by atoms with E-state index in [0.717, 1.165) is 35.8 Å². The maximum Gasteiger partial charge on any atom is 0.123 e. The SMILES string of the molecule is CCCNC(Cc1csc(C)n1)c1ccc(C)cc1OC. The second-order valence-corrected chi connectivity index (χ2v) is 6.38. The van der Waals surface area contributed by atoms with Crippen LogP contribution in [0.4, 0.5) is 0 Å². The molecule has 2 aromatic rings. The molecule has 0 aliphatic heterocycles. The average Bonchev–Trinajstić information content (AvgIpc) is 2.88. The fraction of sp³-hybridized carbons (Fsp3) is 0.471. The first-order valence-electron chi connectivity index (χ1n) is 7.43. The molecule has 114 valence electrons. The lowest BCUT2D eigenvalue weighted by Crippen LogP contribution is -2.24. The molecule has 1 N–H and O–H groups in total. The highest BCUT2D eigenvalue weighted by molar-refractivity contribution is 7.09. The van der Waals surface area contributed by atoms with Gasteiger partial charge in [-0.1, -0.05) is 19.1 Å². The third-order valence-corrected chi connectivity index (χ3v) is 4.31. The first kappa shape index (κ1) is 16.0. The minimum Gasteiger partial charge on any atom is -0.496 e. The molecule has 0 spiro atoms. The highest BCUT2D eigenvalue weighted by Gasteiger charge is 2.17. The van der Waals surface area contributed by atoms with Gasteiger partial charge < -0.3 is 10.1 Å². The van der Waals surface area contributed by atoms with E-state index in [1.165, 1.54) is 11.1 Å². The van der Waals surface area contributed by atoms with Gasteiger partial charge in [-0.3, -0.25) is 0 Å². The zero-order valence-corrected chi connectivity index (χ0v) is 14.1. The van der Waals surface area contributed by atoms with E-state index < -0.39 is 0 Å². The number of benzene rings is 1. The quantitative estimate of drug-likeness (QED) is 0.838. The Balaban J connectivity index is 2.26. The number of aryl methyl sites for hydroxylation is 2. The predicted molar refractivity (Wildman–Crippen MR) is 89.3 cm³/mol. The van der Waals surface area contributed by atoms with Gasteiger partial charge in [-0.05, 0) is 38.4 Å². The number of nitrogens with zero attached hydrogens (tertiary/aromatic N) is 1. The van der Waals surface area contributed by atoms with Crippen LogP contribution in [0.25, 0.3) is 0 Å². The molecule has 1 unspecified atom stereocenters. The number of thiazole rings is 1. The first-order chi connectivity index (χ1) is 10.1. The van der Waals surface area contributed by atoms with Crippen molar-refractivity contribution in [2.45, 2.75) is 39.7 Å². The molecule has 1 heterocycles. The van der Waals surface area contributed by atoms with Crippen LogP contribution in [0.3, 0.4) is 0 Å². The first-order valence-corrected chi connectivity index (χ1v) is 8.31. The highest BCUT2D eigenvalue weighted by Crippen LogP contribution is 2.29. The molecule has 0 fully saturated rings. The van der Waals surface area contributed by atoms with Gasteiger partial charge in [0.15, 0.2) is 0 Å². The lowest BCUT2D eigenvalue weighted by Gasteiger charge is -2.21. The van der Waals surface area contributed by atoms with Crippen molar-refractivity contribution in [1.82, 2.24) is 10.3 Å². The van der Waals surface area contributed by atoms with E-state index in [1.54, 1.807) is 18.4 Å². The molecular weight excluding hydrogens is 280 g/mol. The smallest absolute Gasteiger partial charge is 0.123 e. The van der Waals surface area contributed by atoms with Crippen molar-refractivity contribution in [3.05, 3.63) is 45.4 Å². The molecule has 21 heavy (non-hydrogen) atoms. The van der Waals surface area contributed by atoms with Crippen LogP contribution in [0.15, 0.2) is 23.6 Å². The largest absolute Gasteiger partial charge is 0.496 e. The molecule has 1 aromatic heterocycles. The van der Waals surface area contributed by atoms with E-state index in [0.29, 0.717) is 0 Å². The van der Waals surface area contributed by atoms with Crippen molar-refractivity contribution >= 4 is 11.3 Å². The predicted octanol–water partition coefficient (Wildman–Crippen LogP) is 4.05. The number of nitrogens with one attached hydrogen (secondary N) is 1. The molecule has 4 heteroatoms. The lowest BCUT2D eigenvalue weighted by molar-refractivity contribution is 0.397. The molecule has 3 nitrogen and oxygen atoms in total. The van der Waals surface area contributed by atoms with Crippen LogP contribution in [0.2, 0.25) is 0 Å². The standard InChI is InChI=1S/C17H24N2OS/c1-5-8-18-16(10-14-11-21-13(3)19-14)15-7-6-12(2)9-17(15)20-4/h6-7,9,11,16,18H,5,8,10H2,1-4H3. The normalized spacial score (nSPS) is 12.4. The van der Waals surface area contributed by atoms with E-state index in [9.17, 15) is 0 Å². The summed E-state index contributed by atoms with van der Waals surface area (Å²) in [5, 5.41) is 6.89. The Morgan fingerprint density at radius 1 is 1.33 bits per heavy atom. The van der Waals surface area contributed by atoms with Crippen LogP contribution in [0, 0.1) is 13.8 Å². The molecule has 0 radical (unpaired) electrons. The van der Waals surface area contributed by atoms with Gasteiger partial charge in [-0.2, -0.15) is 0 Å². The Kier molecular flexibility index (Phi) is 5.76. The van der Waals surface area contributed by atoms with Gasteiger partial charge >= 0.3 is 0 Å². The fourth-order valence-corrected chi connectivity index (χ4v) is 3.05. The summed E-state index contributed by atoms with van der Waals surface area (Å²) in [6, 6.07) is 6.65. The minimum absolute atomic E-state index is 0.238. The molecule has 0 saturated carbocycles. The third kappa shape index (κ3) is 4.29. The molecular formula is C17H24N2OS. The van der Waals surface area contributed by atoms with Crippen LogP contribution in [-0.2, 0) is 6.42 Å². The number of aromatic nitrogens is 1. The zero-order valence-electron chi connectivity index (χ0n) is 13.3. The van der Waals surface area contributed by atoms with Gasteiger partial charge in [0.1, 0.15) is 5.75 Å². The molecule has 1 aromatic carbocycles. The van der Waals surface area contributed by atoms with E-state index in [-0.39, 0.29) is 6.04 Å². The van der Waals surface area contributed by atoms with Crippen LogP contribution in [-0.4, -0.2) is 18.6 Å². The van der Waals surface area contributed by atoms with E-state index in [1.807, 2.05) is 0 Å². The summed E-state index contributed by atoms with van der Waals surface area (Å²) in [7, 11) is 1.74. The number of rotatable bonds is 7. The second kappa shape index (κ2) is 7.57. The van der Waals surface area contributed by atoms with Crippen LogP contribution >= 0.6 is 11.3 Å². The van der Waals surface area contributed by atoms with E-state index >= 15 is 0 Å². The molecule has 0 saturated heterocycles. The molecule has 2 rings (SSSR count). The van der Waals surface area contributed by atoms with Crippen LogP contribution < -0.4 is 10.1 Å². The maximum absolute atomic E-state index is 5.57. The number of hydrogen-bond acceptors (Lipinski definition) is 4. The summed E-state index contributed by atoms with van der Waals surface area (Å²) in [5.74, 6) is 0.954. The molecule has 0 aliphatic rings. The van der Waals surface area contributed by atoms with Crippen molar-refractivity contribution in [3.63, 3.8) is 0 Å². The van der Waals surface area contributed by atoms with Gasteiger partial charge in [0.25, 0.3) is 0 Å². The summed E-state index contributed by atoms with van der Waals surface area (Å²) in [6.07, 6.45) is 2.00. The van der Waals surface area contributed by atoms with Crippen molar-refractivity contribution < 1.29 is 4.74 Å². The van der Waals surface area contributed by atoms with Gasteiger partial charge in [0, 0.05) is 23.4 Å². The number of hydrogen-bond donors (Lipinski definition) is 1. The Labute approximate surface area is 131 Å². The van der Waals surface area contributed by atoms with Gasteiger partial charge in [-0.25, -0.2) is 4.98 Å². The summed E-state index contributed by atoms with van der Waals surface area (Å²) in [6.45, 7) is 7.31. The van der Waals surface area contributed by atoms with Crippen molar-refractivity contribution in [1.29, 1.82) is 0 Å². The molecule has 0 amide bonds. The van der Waals surface area contributed by atoms with Gasteiger partial charge in [0.05, 0.1) is 17.8 Å². The third-order valence-electron chi connectivity index (χ3n) is 3.48. The summed E-state index contributed by atoms with van der Waals surface area (Å²) in [5.41, 5.74) is 3.57. The second-order valence-electron chi connectivity index (χ2n) is 5.31. The average molecular weight is 304 g/mol. The molecule has 0 bridgehead atoms. The number of ether oxygens (including phenoxy) is 1. The zero-order chi connectivity index (χ0) is 15.2. The van der Waals surface area contributed by atoms with E-state index in [2.05, 4.69) is 54.7 Å². The fourth-order valence-electron chi connectivity index (χ4n) is 2.43. The Hall–Kier alpha value is -1.39. The van der Waals surface area contributed by atoms with Crippen LogP contribution in [0.1, 0.15) is 41.2 Å².